The van der Waals surface area contributed by atoms with Gasteiger partial charge in [-0.15, -0.1) is 0 Å². The van der Waals surface area contributed by atoms with Gasteiger partial charge in [0.25, 0.3) is 0 Å². The Hall–Kier alpha value is -1.71. The van der Waals surface area contributed by atoms with Crippen LogP contribution in [-0.2, 0) is 13.1 Å². The maximum Gasteiger partial charge on any atom is 0.118 e. The van der Waals surface area contributed by atoms with Crippen molar-refractivity contribution >= 4 is 17.3 Å². The second kappa shape index (κ2) is 7.34. The number of halogens is 1. The van der Waals surface area contributed by atoms with Crippen LogP contribution in [0.25, 0.3) is 0 Å². The molecule has 0 fully saturated rings. The Balaban J connectivity index is 2.16. The molecule has 0 aliphatic carbocycles. The minimum atomic E-state index is 0.766. The van der Waals surface area contributed by atoms with E-state index in [-0.39, 0.29) is 0 Å². The summed E-state index contributed by atoms with van der Waals surface area (Å²) < 4.78 is 5.19. The van der Waals surface area contributed by atoms with E-state index in [1.807, 2.05) is 31.3 Å². The Morgan fingerprint density at radius 1 is 1.14 bits per heavy atom. The molecule has 0 spiro atoms. The minimum absolute atomic E-state index is 0.766. The Labute approximate surface area is 131 Å². The van der Waals surface area contributed by atoms with Crippen molar-refractivity contribution in [3.8, 4) is 5.75 Å². The summed E-state index contributed by atoms with van der Waals surface area (Å²) in [7, 11) is 5.71. The van der Waals surface area contributed by atoms with E-state index in [2.05, 4.69) is 35.5 Å². The van der Waals surface area contributed by atoms with E-state index in [4.69, 9.17) is 16.3 Å². The van der Waals surface area contributed by atoms with E-state index in [1.54, 1.807) is 7.11 Å². The maximum atomic E-state index is 6.09. The van der Waals surface area contributed by atoms with Crippen LogP contribution >= 0.6 is 11.6 Å². The van der Waals surface area contributed by atoms with Crippen molar-refractivity contribution in [2.24, 2.45) is 0 Å². The molecule has 0 aliphatic rings. The lowest BCUT2D eigenvalue weighted by atomic mass is 10.1. The highest BCUT2D eigenvalue weighted by molar-refractivity contribution is 6.30. The lowest BCUT2D eigenvalue weighted by Crippen LogP contribution is -2.19. The summed E-state index contributed by atoms with van der Waals surface area (Å²) in [6.45, 7) is 1.63. The summed E-state index contributed by atoms with van der Waals surface area (Å²) >= 11 is 6.09. The van der Waals surface area contributed by atoms with Crippen molar-refractivity contribution in [1.82, 2.24) is 5.32 Å². The summed E-state index contributed by atoms with van der Waals surface area (Å²) in [6.07, 6.45) is 0. The number of nitrogens with one attached hydrogen (secondary N) is 1. The van der Waals surface area contributed by atoms with E-state index < -0.39 is 0 Å². The highest BCUT2D eigenvalue weighted by Crippen LogP contribution is 2.25. The summed E-state index contributed by atoms with van der Waals surface area (Å²) in [5.74, 6) is 0.878. The largest absolute Gasteiger partial charge is 0.497 e. The second-order valence-electron chi connectivity index (χ2n) is 5.01. The van der Waals surface area contributed by atoms with E-state index in [0.717, 1.165) is 23.9 Å². The third kappa shape index (κ3) is 4.13. The molecule has 21 heavy (non-hydrogen) atoms. The van der Waals surface area contributed by atoms with E-state index in [1.165, 1.54) is 16.8 Å². The first-order valence-electron chi connectivity index (χ1n) is 6.91. The first-order chi connectivity index (χ1) is 10.1. The smallest absolute Gasteiger partial charge is 0.118 e. The van der Waals surface area contributed by atoms with E-state index in [0.29, 0.717) is 0 Å². The molecule has 0 atom stereocenters. The number of anilines is 1. The summed E-state index contributed by atoms with van der Waals surface area (Å²) in [6, 6.07) is 14.2. The molecule has 3 nitrogen and oxygen atoms in total. The van der Waals surface area contributed by atoms with Crippen molar-refractivity contribution in [3.05, 3.63) is 58.6 Å². The fraction of sp³-hybridized carbons (Fsp3) is 0.294. The molecular formula is C17H21ClN2O. The van der Waals surface area contributed by atoms with Gasteiger partial charge >= 0.3 is 0 Å². The zero-order valence-corrected chi connectivity index (χ0v) is 13.4. The van der Waals surface area contributed by atoms with Crippen molar-refractivity contribution < 1.29 is 4.74 Å². The van der Waals surface area contributed by atoms with Gasteiger partial charge in [-0.3, -0.25) is 0 Å². The number of hydrogen-bond acceptors (Lipinski definition) is 3. The standard InChI is InChI=1S/C17H21ClN2O/c1-19-11-14-10-15(18)6-9-17(14)20(2)12-13-4-7-16(21-3)8-5-13/h4-10,19H,11-12H2,1-3H3. The number of ether oxygens (including phenoxy) is 1. The van der Waals surface area contributed by atoms with Crippen LogP contribution in [0.5, 0.6) is 5.75 Å². The summed E-state index contributed by atoms with van der Waals surface area (Å²) in [5.41, 5.74) is 3.62. The van der Waals surface area contributed by atoms with Gasteiger partial charge in [0, 0.05) is 30.8 Å². The maximum absolute atomic E-state index is 6.09. The molecule has 2 rings (SSSR count). The molecule has 0 bridgehead atoms. The van der Waals surface area contributed by atoms with Crippen LogP contribution in [0.1, 0.15) is 11.1 Å². The van der Waals surface area contributed by atoms with Crippen LogP contribution in [0.15, 0.2) is 42.5 Å². The van der Waals surface area contributed by atoms with Gasteiger partial charge in [0.1, 0.15) is 5.75 Å². The molecule has 0 heterocycles. The van der Waals surface area contributed by atoms with E-state index >= 15 is 0 Å². The number of hydrogen-bond donors (Lipinski definition) is 1. The van der Waals surface area contributed by atoms with Gasteiger partial charge < -0.3 is 15.0 Å². The van der Waals surface area contributed by atoms with Gasteiger partial charge in [0.15, 0.2) is 0 Å². The molecule has 0 saturated carbocycles. The van der Waals surface area contributed by atoms with Gasteiger partial charge in [-0.2, -0.15) is 0 Å². The molecule has 0 aromatic heterocycles. The van der Waals surface area contributed by atoms with Crippen LogP contribution < -0.4 is 15.0 Å². The third-order valence-corrected chi connectivity index (χ3v) is 3.63. The molecule has 4 heteroatoms. The molecule has 0 unspecified atom stereocenters. The van der Waals surface area contributed by atoms with Crippen molar-refractivity contribution in [3.63, 3.8) is 0 Å². The Morgan fingerprint density at radius 2 is 1.86 bits per heavy atom. The third-order valence-electron chi connectivity index (χ3n) is 3.40. The fourth-order valence-electron chi connectivity index (χ4n) is 2.35. The number of benzene rings is 2. The Kier molecular flexibility index (Phi) is 5.48. The minimum Gasteiger partial charge on any atom is -0.497 e. The monoisotopic (exact) mass is 304 g/mol. The van der Waals surface area contributed by atoms with Crippen molar-refractivity contribution in [2.75, 3.05) is 26.1 Å². The molecule has 0 radical (unpaired) electrons. The first kappa shape index (κ1) is 15.7. The molecule has 0 saturated heterocycles. The zero-order chi connectivity index (χ0) is 15.2. The number of methoxy groups -OCH3 is 1. The van der Waals surface area contributed by atoms with Crippen LogP contribution in [0, 0.1) is 0 Å². The van der Waals surface area contributed by atoms with Crippen LogP contribution in [-0.4, -0.2) is 21.2 Å². The second-order valence-corrected chi connectivity index (χ2v) is 5.44. The predicted molar refractivity (Wildman–Crippen MR) is 89.3 cm³/mol. The molecule has 0 amide bonds. The lowest BCUT2D eigenvalue weighted by molar-refractivity contribution is 0.414. The zero-order valence-electron chi connectivity index (χ0n) is 12.7. The quantitative estimate of drug-likeness (QED) is 0.880. The van der Waals surface area contributed by atoms with Gasteiger partial charge in [0.05, 0.1) is 7.11 Å². The van der Waals surface area contributed by atoms with Gasteiger partial charge in [-0.25, -0.2) is 0 Å². The van der Waals surface area contributed by atoms with E-state index in [9.17, 15) is 0 Å². The van der Waals surface area contributed by atoms with Crippen molar-refractivity contribution in [2.45, 2.75) is 13.1 Å². The average molecular weight is 305 g/mol. The molecule has 2 aromatic carbocycles. The fourth-order valence-corrected chi connectivity index (χ4v) is 2.54. The molecule has 112 valence electrons. The molecule has 1 N–H and O–H groups in total. The molecule has 2 aromatic rings. The number of rotatable bonds is 6. The highest BCUT2D eigenvalue weighted by atomic mass is 35.5. The SMILES string of the molecule is CNCc1cc(Cl)ccc1N(C)Cc1ccc(OC)cc1. The molecule has 0 aliphatic heterocycles. The first-order valence-corrected chi connectivity index (χ1v) is 7.29. The van der Waals surface area contributed by atoms with Gasteiger partial charge in [-0.1, -0.05) is 23.7 Å². The number of nitrogens with zero attached hydrogens (tertiary/aromatic N) is 1. The van der Waals surface area contributed by atoms with Crippen LogP contribution in [0.2, 0.25) is 5.02 Å². The summed E-state index contributed by atoms with van der Waals surface area (Å²) in [5, 5.41) is 3.95. The van der Waals surface area contributed by atoms with Gasteiger partial charge in [0.2, 0.25) is 0 Å². The van der Waals surface area contributed by atoms with Crippen LogP contribution in [0.4, 0.5) is 5.69 Å². The predicted octanol–water partition coefficient (Wildman–Crippen LogP) is 3.70. The lowest BCUT2D eigenvalue weighted by Gasteiger charge is -2.23. The Morgan fingerprint density at radius 3 is 2.48 bits per heavy atom. The highest BCUT2D eigenvalue weighted by Gasteiger charge is 2.08. The average Bonchev–Trinajstić information content (AvgIpc) is 2.48. The Bertz CT molecular complexity index is 584. The normalized spacial score (nSPS) is 10.5. The molecular weight excluding hydrogens is 284 g/mol. The van der Waals surface area contributed by atoms with Crippen molar-refractivity contribution in [1.29, 1.82) is 0 Å². The summed E-state index contributed by atoms with van der Waals surface area (Å²) in [4.78, 5) is 2.23. The topological polar surface area (TPSA) is 24.5 Å². The van der Waals surface area contributed by atoms with Crippen LogP contribution in [0.3, 0.4) is 0 Å². The van der Waals surface area contributed by atoms with Gasteiger partial charge in [-0.05, 0) is 48.5 Å².